The normalized spacial score (nSPS) is 11.7. The van der Waals surface area contributed by atoms with Gasteiger partial charge in [-0.25, -0.2) is 35.9 Å². The Bertz CT molecular complexity index is 1940. The van der Waals surface area contributed by atoms with Gasteiger partial charge in [0.25, 0.3) is 0 Å². The van der Waals surface area contributed by atoms with Crippen LogP contribution in [0.4, 0.5) is 39.5 Å². The minimum atomic E-state index is -4.83. The average Bonchev–Trinajstić information content (AvgIpc) is 2.94. The van der Waals surface area contributed by atoms with Crippen molar-refractivity contribution in [1.29, 1.82) is 0 Å². The highest BCUT2D eigenvalue weighted by Gasteiger charge is 2.33. The lowest BCUT2D eigenvalue weighted by Crippen LogP contribution is -2.12. The molecule has 43 heavy (non-hydrogen) atoms. The number of aryl methyl sites for hydroxylation is 1. The molecule has 0 radical (unpaired) electrons. The van der Waals surface area contributed by atoms with Crippen molar-refractivity contribution >= 4 is 33.5 Å². The first kappa shape index (κ1) is 29.4. The molecule has 0 heterocycles. The first-order chi connectivity index (χ1) is 20.1. The minimum Gasteiger partial charge on any atom is -0.422 e. The molecular formula is C30H13F9O4. The third-order valence-corrected chi connectivity index (χ3v) is 6.44. The lowest BCUT2D eigenvalue weighted by molar-refractivity contribution is -0.136. The zero-order chi connectivity index (χ0) is 31.4. The van der Waals surface area contributed by atoms with Crippen molar-refractivity contribution in [3.05, 3.63) is 118 Å². The van der Waals surface area contributed by atoms with E-state index in [1.807, 2.05) is 0 Å². The summed E-state index contributed by atoms with van der Waals surface area (Å²) in [6.07, 6.45) is -4.83. The van der Waals surface area contributed by atoms with Crippen molar-refractivity contribution in [1.82, 2.24) is 0 Å². The molecule has 0 amide bonds. The fourth-order valence-corrected chi connectivity index (χ4v) is 4.36. The number of halogens is 9. The molecule has 0 spiro atoms. The van der Waals surface area contributed by atoms with Crippen LogP contribution in [0, 0.1) is 41.8 Å². The van der Waals surface area contributed by atoms with Gasteiger partial charge in [0.15, 0.2) is 34.9 Å². The maximum absolute atomic E-state index is 13.9. The van der Waals surface area contributed by atoms with E-state index in [4.69, 9.17) is 9.47 Å². The van der Waals surface area contributed by atoms with Crippen LogP contribution in [0.15, 0.2) is 60.7 Å². The van der Waals surface area contributed by atoms with Crippen molar-refractivity contribution < 1.29 is 58.6 Å². The van der Waals surface area contributed by atoms with Crippen LogP contribution in [0.2, 0.25) is 0 Å². The van der Waals surface area contributed by atoms with Crippen LogP contribution < -0.4 is 9.47 Å². The zero-order valence-electron chi connectivity index (χ0n) is 21.3. The van der Waals surface area contributed by atoms with Gasteiger partial charge in [-0.2, -0.15) is 13.2 Å². The number of hydrogen-bond acceptors (Lipinski definition) is 4. The smallest absolute Gasteiger partial charge is 0.417 e. The molecule has 0 aromatic heterocycles. The number of esters is 2. The van der Waals surface area contributed by atoms with Gasteiger partial charge in [-0.15, -0.1) is 0 Å². The molecule has 0 saturated carbocycles. The summed E-state index contributed by atoms with van der Waals surface area (Å²) >= 11 is 0. The molecule has 0 saturated heterocycles. The largest absolute Gasteiger partial charge is 0.422 e. The second-order valence-electron chi connectivity index (χ2n) is 9.22. The molecule has 0 aliphatic rings. The minimum absolute atomic E-state index is 0.0321. The number of hydrogen-bond donors (Lipinski definition) is 0. The second kappa shape index (κ2) is 10.6. The van der Waals surface area contributed by atoms with E-state index in [0.717, 1.165) is 24.3 Å². The molecule has 13 heteroatoms. The van der Waals surface area contributed by atoms with Crippen LogP contribution in [0.1, 0.15) is 31.8 Å². The van der Waals surface area contributed by atoms with Crippen LogP contribution in [0.3, 0.4) is 0 Å². The summed E-state index contributed by atoms with van der Waals surface area (Å²) in [4.78, 5) is 25.4. The summed E-state index contributed by atoms with van der Waals surface area (Å²) in [6, 6.07) is 7.60. The number of carbonyl (C=O) groups excluding carboxylic acids is 2. The van der Waals surface area contributed by atoms with Crippen molar-refractivity contribution in [3.8, 4) is 11.5 Å². The van der Waals surface area contributed by atoms with E-state index in [1.165, 1.54) is 19.1 Å². The molecule has 0 bridgehead atoms. The highest BCUT2D eigenvalue weighted by Crippen LogP contribution is 2.42. The number of benzene rings is 5. The third-order valence-electron chi connectivity index (χ3n) is 6.44. The van der Waals surface area contributed by atoms with Crippen LogP contribution in [-0.4, -0.2) is 11.9 Å². The first-order valence-electron chi connectivity index (χ1n) is 12.0. The van der Waals surface area contributed by atoms with Crippen molar-refractivity contribution in [2.75, 3.05) is 0 Å². The van der Waals surface area contributed by atoms with E-state index < -0.39 is 75.5 Å². The van der Waals surface area contributed by atoms with E-state index in [2.05, 4.69) is 0 Å². The fraction of sp³-hybridized carbons (Fsp3) is 0.0667. The SMILES string of the molecule is Cc1ccc(C(F)(F)F)c2cc3c(OC(=O)c4cc(F)c(F)c(F)c4)ccc(OC(=O)c4cc(F)c(F)c(F)c4)c3cc12. The number of alkyl halides is 3. The van der Waals surface area contributed by atoms with E-state index in [9.17, 15) is 49.1 Å². The Morgan fingerprint density at radius 2 is 0.953 bits per heavy atom. The highest BCUT2D eigenvalue weighted by molar-refractivity contribution is 6.07. The lowest BCUT2D eigenvalue weighted by atomic mass is 9.95. The van der Waals surface area contributed by atoms with Gasteiger partial charge in [0.1, 0.15) is 11.5 Å². The van der Waals surface area contributed by atoms with Gasteiger partial charge >= 0.3 is 18.1 Å². The molecule has 4 nitrogen and oxygen atoms in total. The summed E-state index contributed by atoms with van der Waals surface area (Å²) in [6.45, 7) is 1.49. The molecular weight excluding hydrogens is 595 g/mol. The predicted octanol–water partition coefficient (Wildman–Crippen LogP) is 8.59. The molecule has 5 rings (SSSR count). The molecule has 5 aromatic rings. The first-order valence-corrected chi connectivity index (χ1v) is 12.0. The van der Waals surface area contributed by atoms with E-state index in [0.29, 0.717) is 29.8 Å². The summed E-state index contributed by atoms with van der Waals surface area (Å²) in [5.74, 6) is -14.1. The van der Waals surface area contributed by atoms with E-state index >= 15 is 0 Å². The van der Waals surface area contributed by atoms with Crippen molar-refractivity contribution in [2.24, 2.45) is 0 Å². The third kappa shape index (κ3) is 5.45. The lowest BCUT2D eigenvalue weighted by Gasteiger charge is -2.16. The maximum atomic E-state index is 13.9. The Morgan fingerprint density at radius 1 is 0.558 bits per heavy atom. The molecule has 0 aliphatic carbocycles. The summed E-state index contributed by atoms with van der Waals surface area (Å²) in [5.41, 5.74) is -2.23. The molecule has 0 atom stereocenters. The van der Waals surface area contributed by atoms with E-state index in [-0.39, 0.29) is 27.3 Å². The van der Waals surface area contributed by atoms with Crippen LogP contribution >= 0.6 is 0 Å². The average molecular weight is 608 g/mol. The Labute approximate surface area is 234 Å². The molecule has 0 aliphatic heterocycles. The van der Waals surface area contributed by atoms with Crippen molar-refractivity contribution in [3.63, 3.8) is 0 Å². The summed E-state index contributed by atoms with van der Waals surface area (Å²) in [7, 11) is 0. The van der Waals surface area contributed by atoms with Gasteiger partial charge in [0.2, 0.25) is 0 Å². The molecule has 0 fully saturated rings. The van der Waals surface area contributed by atoms with Crippen LogP contribution in [-0.2, 0) is 6.18 Å². The Hall–Kier alpha value is -5.07. The standard InChI is InChI=1S/C30H13F9O4/c1-12-2-3-19(30(37,38)39)16-11-18-17(10-15(12)16)24(42-28(40)13-6-20(31)26(35)21(32)7-13)4-5-25(18)43-29(41)14-8-22(33)27(36)23(34)9-14/h2-11H,1H3. The summed E-state index contributed by atoms with van der Waals surface area (Å²) < 4.78 is 134. The summed E-state index contributed by atoms with van der Waals surface area (Å²) in [5, 5.41) is -0.721. The molecule has 5 aromatic carbocycles. The van der Waals surface area contributed by atoms with Gasteiger partial charge in [0, 0.05) is 10.8 Å². The Morgan fingerprint density at radius 3 is 1.35 bits per heavy atom. The predicted molar refractivity (Wildman–Crippen MR) is 134 cm³/mol. The van der Waals surface area contributed by atoms with Gasteiger partial charge < -0.3 is 9.47 Å². The monoisotopic (exact) mass is 608 g/mol. The number of rotatable bonds is 4. The molecule has 220 valence electrons. The molecule has 0 unspecified atom stereocenters. The van der Waals surface area contributed by atoms with E-state index in [1.54, 1.807) is 0 Å². The highest BCUT2D eigenvalue weighted by atomic mass is 19.4. The maximum Gasteiger partial charge on any atom is 0.417 e. The second-order valence-corrected chi connectivity index (χ2v) is 9.22. The van der Waals surface area contributed by atoms with Gasteiger partial charge in [0.05, 0.1) is 16.7 Å². The Balaban J connectivity index is 1.69. The van der Waals surface area contributed by atoms with Crippen molar-refractivity contribution in [2.45, 2.75) is 13.1 Å². The van der Waals surface area contributed by atoms with Crippen LogP contribution in [0.5, 0.6) is 11.5 Å². The van der Waals surface area contributed by atoms with Gasteiger partial charge in [-0.3, -0.25) is 0 Å². The Kier molecular flexibility index (Phi) is 7.28. The molecule has 0 N–H and O–H groups in total. The fourth-order valence-electron chi connectivity index (χ4n) is 4.36. The number of carbonyl (C=O) groups is 2. The quantitative estimate of drug-likeness (QED) is 0.0675. The number of ether oxygens (including phenoxy) is 2. The number of fused-ring (bicyclic) bond motifs is 2. The van der Waals surface area contributed by atoms with Crippen LogP contribution in [0.25, 0.3) is 21.5 Å². The van der Waals surface area contributed by atoms with Gasteiger partial charge in [-0.05, 0) is 77.9 Å². The zero-order valence-corrected chi connectivity index (χ0v) is 21.3. The topological polar surface area (TPSA) is 52.6 Å². The van der Waals surface area contributed by atoms with Gasteiger partial charge in [-0.1, -0.05) is 6.07 Å².